The van der Waals surface area contributed by atoms with Gasteiger partial charge in [0.05, 0.1) is 14.1 Å². The summed E-state index contributed by atoms with van der Waals surface area (Å²) in [6.07, 6.45) is 3.43. The number of nitrogens with one attached hydrogen (secondary N) is 1. The lowest BCUT2D eigenvalue weighted by molar-refractivity contribution is -0.121. The van der Waals surface area contributed by atoms with E-state index in [0.717, 1.165) is 31.4 Å². The molecule has 3 rings (SSSR count). The molecule has 3 heteroatoms. The van der Waals surface area contributed by atoms with Gasteiger partial charge >= 0.3 is 0 Å². The summed E-state index contributed by atoms with van der Waals surface area (Å²) in [4.78, 5) is 13.3. The molecule has 1 N–H and O–H groups in total. The number of Topliss-reactive ketones (excluding diaryl/α,β-unsaturated/α-hetero) is 1. The van der Waals surface area contributed by atoms with Gasteiger partial charge in [0.15, 0.2) is 0 Å². The molecule has 0 saturated heterocycles. The predicted octanol–water partition coefficient (Wildman–Crippen LogP) is 7.18. The van der Waals surface area contributed by atoms with Crippen molar-refractivity contribution in [1.29, 1.82) is 0 Å². The van der Waals surface area contributed by atoms with E-state index in [-0.39, 0.29) is 12.1 Å². The summed E-state index contributed by atoms with van der Waals surface area (Å²) < 4.78 is 0. The summed E-state index contributed by atoms with van der Waals surface area (Å²) in [6.45, 7) is 7.08. The molecular weight excluding hydrogens is 418 g/mol. The first-order chi connectivity index (χ1) is 15.9. The fourth-order valence-corrected chi connectivity index (χ4v) is 7.12. The van der Waals surface area contributed by atoms with Gasteiger partial charge in [-0.25, -0.2) is 0 Å². The van der Waals surface area contributed by atoms with Crippen LogP contribution >= 0.6 is 0 Å². The number of benzene rings is 3. The van der Waals surface area contributed by atoms with E-state index < -0.39 is 8.07 Å². The van der Waals surface area contributed by atoms with Gasteiger partial charge in [0.1, 0.15) is 5.78 Å². The van der Waals surface area contributed by atoms with E-state index in [1.54, 1.807) is 0 Å². The number of aryl methyl sites for hydroxylation is 1. The first kappa shape index (κ1) is 25.1. The van der Waals surface area contributed by atoms with Crippen LogP contribution in [0, 0.1) is 0 Å². The Morgan fingerprint density at radius 2 is 1.36 bits per heavy atom. The van der Waals surface area contributed by atoms with Gasteiger partial charge in [0.2, 0.25) is 0 Å². The van der Waals surface area contributed by atoms with Gasteiger partial charge in [0, 0.05) is 12.5 Å². The van der Waals surface area contributed by atoms with Crippen LogP contribution in [0.5, 0.6) is 0 Å². The van der Waals surface area contributed by atoms with Gasteiger partial charge in [0.25, 0.3) is 0 Å². The topological polar surface area (TPSA) is 29.1 Å². The number of hydrogen-bond donors (Lipinski definition) is 1. The summed E-state index contributed by atoms with van der Waals surface area (Å²) in [7, 11) is -1.46. The van der Waals surface area contributed by atoms with Crippen LogP contribution < -0.4 is 5.32 Å². The Balaban J connectivity index is 1.61. The lowest BCUT2D eigenvalue weighted by Crippen LogP contribution is -2.41. The first-order valence-electron chi connectivity index (χ1n) is 12.3. The molecule has 2 nitrogen and oxygen atoms in total. The molecule has 0 amide bonds. The minimum Gasteiger partial charge on any atom is -0.301 e. The average molecular weight is 458 g/mol. The fourth-order valence-electron chi connectivity index (χ4n) is 4.53. The van der Waals surface area contributed by atoms with E-state index in [4.69, 9.17) is 0 Å². The van der Waals surface area contributed by atoms with E-state index in [0.29, 0.717) is 12.2 Å². The molecule has 0 spiro atoms. The first-order valence-corrected chi connectivity index (χ1v) is 15.8. The minimum absolute atomic E-state index is 0.0847. The molecule has 0 bridgehead atoms. The van der Waals surface area contributed by atoms with Gasteiger partial charge in [-0.2, -0.15) is 0 Å². The maximum absolute atomic E-state index is 13.3. The average Bonchev–Trinajstić information content (AvgIpc) is 2.83. The monoisotopic (exact) mass is 457 g/mol. The molecule has 0 aliphatic carbocycles. The Morgan fingerprint density at radius 3 is 1.97 bits per heavy atom. The fraction of sp³-hybridized carbons (Fsp3) is 0.367. The summed E-state index contributed by atoms with van der Waals surface area (Å²) >= 11 is 0. The molecule has 0 aromatic heterocycles. The zero-order chi connectivity index (χ0) is 23.5. The number of rotatable bonds is 13. The van der Waals surface area contributed by atoms with Crippen LogP contribution in [0.3, 0.4) is 0 Å². The number of carbonyl (C=O) groups excluding carboxylic acids is 1. The van der Waals surface area contributed by atoms with Crippen molar-refractivity contribution in [2.45, 2.75) is 69.9 Å². The van der Waals surface area contributed by atoms with Crippen molar-refractivity contribution in [3.63, 3.8) is 0 Å². The normalized spacial score (nSPS) is 13.4. The summed E-state index contributed by atoms with van der Waals surface area (Å²) in [6, 6.07) is 34.1. The molecule has 0 aliphatic heterocycles. The van der Waals surface area contributed by atoms with Crippen molar-refractivity contribution in [2.75, 3.05) is 0 Å². The van der Waals surface area contributed by atoms with Gasteiger partial charge in [-0.3, -0.25) is 4.79 Å². The molecule has 0 fully saturated rings. The van der Waals surface area contributed by atoms with Gasteiger partial charge in [-0.1, -0.05) is 116 Å². The highest BCUT2D eigenvalue weighted by atomic mass is 28.3. The Labute approximate surface area is 201 Å². The second-order valence-corrected chi connectivity index (χ2v) is 15.2. The van der Waals surface area contributed by atoms with Crippen molar-refractivity contribution in [3.05, 3.63) is 108 Å². The second-order valence-electron chi connectivity index (χ2n) is 10.0. The number of ketones is 1. The van der Waals surface area contributed by atoms with E-state index in [9.17, 15) is 4.79 Å². The molecule has 3 aromatic rings. The third-order valence-electron chi connectivity index (χ3n) is 6.51. The smallest absolute Gasteiger partial charge is 0.149 e. The van der Waals surface area contributed by atoms with Crippen molar-refractivity contribution in [2.24, 2.45) is 0 Å². The van der Waals surface area contributed by atoms with Crippen molar-refractivity contribution >= 4 is 13.9 Å². The number of carbonyl (C=O) groups is 1. The third kappa shape index (κ3) is 8.75. The Bertz CT molecular complexity index is 956. The molecule has 174 valence electrons. The Kier molecular flexibility index (Phi) is 9.65. The third-order valence-corrected chi connectivity index (χ3v) is 9.51. The van der Waals surface area contributed by atoms with E-state index in [1.165, 1.54) is 16.7 Å². The van der Waals surface area contributed by atoms with Crippen LogP contribution in [0.4, 0.5) is 0 Å². The molecule has 0 saturated carbocycles. The molecule has 0 heterocycles. The van der Waals surface area contributed by atoms with E-state index in [1.807, 2.05) is 12.1 Å². The molecule has 0 radical (unpaired) electrons. The van der Waals surface area contributed by atoms with E-state index >= 15 is 0 Å². The standard InChI is InChI=1S/C30H39NOSi/c1-25(28-19-11-6-12-20-28)31-29(30(32)21-13-18-26-14-7-4-8-15-26)22-23-33(2,3)24-27-16-9-5-10-17-27/h4-12,14-17,19-20,25,29,31H,13,18,21-24H2,1-3H3/t25-,29-/m0/s1. The van der Waals surface area contributed by atoms with Crippen molar-refractivity contribution < 1.29 is 4.79 Å². The molecular formula is C30H39NOSi. The van der Waals surface area contributed by atoms with Crippen LogP contribution in [-0.4, -0.2) is 19.9 Å². The summed E-state index contributed by atoms with van der Waals surface area (Å²) in [5, 5.41) is 3.69. The van der Waals surface area contributed by atoms with Crippen molar-refractivity contribution in [3.8, 4) is 0 Å². The van der Waals surface area contributed by atoms with Crippen LogP contribution in [0.25, 0.3) is 0 Å². The summed E-state index contributed by atoms with van der Waals surface area (Å²) in [5.74, 6) is 0.359. The largest absolute Gasteiger partial charge is 0.301 e. The van der Waals surface area contributed by atoms with E-state index in [2.05, 4.69) is 104 Å². The van der Waals surface area contributed by atoms with Crippen LogP contribution in [0.15, 0.2) is 91.0 Å². The van der Waals surface area contributed by atoms with Crippen LogP contribution in [0.1, 0.15) is 48.9 Å². The highest BCUT2D eigenvalue weighted by Gasteiger charge is 2.26. The molecule has 33 heavy (non-hydrogen) atoms. The SMILES string of the molecule is C[C@H](N[C@@H](CC[Si](C)(C)Cc1ccccc1)C(=O)CCCc1ccccc1)c1ccccc1. The quantitative estimate of drug-likeness (QED) is 0.275. The second kappa shape index (κ2) is 12.7. The van der Waals surface area contributed by atoms with Crippen molar-refractivity contribution in [1.82, 2.24) is 5.32 Å². The maximum Gasteiger partial charge on any atom is 0.149 e. The Morgan fingerprint density at radius 1 is 0.818 bits per heavy atom. The lowest BCUT2D eigenvalue weighted by atomic mass is 10.00. The predicted molar refractivity (Wildman–Crippen MR) is 143 cm³/mol. The zero-order valence-corrected chi connectivity index (χ0v) is 21.5. The lowest BCUT2D eigenvalue weighted by Gasteiger charge is -2.28. The highest BCUT2D eigenvalue weighted by molar-refractivity contribution is 6.76. The van der Waals surface area contributed by atoms with Gasteiger partial charge < -0.3 is 5.32 Å². The Hall–Kier alpha value is -2.49. The molecule has 0 unspecified atom stereocenters. The van der Waals surface area contributed by atoms with Gasteiger partial charge in [-0.15, -0.1) is 0 Å². The number of hydrogen-bond acceptors (Lipinski definition) is 2. The molecule has 3 aromatic carbocycles. The maximum atomic E-state index is 13.3. The highest BCUT2D eigenvalue weighted by Crippen LogP contribution is 2.22. The van der Waals surface area contributed by atoms with Gasteiger partial charge in [-0.05, 0) is 43.4 Å². The summed E-state index contributed by atoms with van der Waals surface area (Å²) in [5.41, 5.74) is 3.97. The van der Waals surface area contributed by atoms with Crippen LogP contribution in [-0.2, 0) is 17.3 Å². The zero-order valence-electron chi connectivity index (χ0n) is 20.5. The molecule has 2 atom stereocenters. The van der Waals surface area contributed by atoms with Crippen LogP contribution in [0.2, 0.25) is 19.1 Å². The minimum atomic E-state index is -1.46. The molecule has 0 aliphatic rings.